The van der Waals surface area contributed by atoms with Crippen molar-refractivity contribution in [1.29, 1.82) is 0 Å². The Hall–Kier alpha value is -1.21. The minimum Gasteiger partial charge on any atom is -0.356 e. The zero-order valence-electron chi connectivity index (χ0n) is 10.0. The number of hydrogen-bond donors (Lipinski definition) is 2. The molecule has 1 fully saturated rings. The molecule has 2 N–H and O–H groups in total. The SMILES string of the molecule is C[C@]1(NC(=S)Nc2ccccn2)CCS(=O)(=O)C1. The molecule has 7 heteroatoms. The van der Waals surface area contributed by atoms with Crippen LogP contribution in [0.2, 0.25) is 0 Å². The second-order valence-electron chi connectivity index (χ2n) is 4.70. The number of nitrogens with zero attached hydrogens (tertiary/aromatic N) is 1. The molecule has 0 bridgehead atoms. The van der Waals surface area contributed by atoms with Crippen molar-refractivity contribution in [2.45, 2.75) is 18.9 Å². The summed E-state index contributed by atoms with van der Waals surface area (Å²) in [5.74, 6) is 0.965. The van der Waals surface area contributed by atoms with E-state index in [1.54, 1.807) is 12.3 Å². The van der Waals surface area contributed by atoms with Gasteiger partial charge in [-0.05, 0) is 37.7 Å². The summed E-state index contributed by atoms with van der Waals surface area (Å²) >= 11 is 5.16. The molecule has 2 rings (SSSR count). The summed E-state index contributed by atoms with van der Waals surface area (Å²) in [6, 6.07) is 5.45. The minimum atomic E-state index is -2.94. The number of hydrogen-bond acceptors (Lipinski definition) is 4. The number of anilines is 1. The van der Waals surface area contributed by atoms with Crippen LogP contribution >= 0.6 is 12.2 Å². The third-order valence-electron chi connectivity index (χ3n) is 2.83. The molecule has 1 aliphatic heterocycles. The molecule has 0 amide bonds. The van der Waals surface area contributed by atoms with E-state index in [9.17, 15) is 8.42 Å². The molecule has 1 atom stereocenters. The molecule has 0 unspecified atom stereocenters. The highest BCUT2D eigenvalue weighted by Crippen LogP contribution is 2.22. The van der Waals surface area contributed by atoms with E-state index in [1.165, 1.54) is 0 Å². The van der Waals surface area contributed by atoms with Crippen LogP contribution < -0.4 is 10.6 Å². The van der Waals surface area contributed by atoms with Gasteiger partial charge in [0.2, 0.25) is 0 Å². The normalized spacial score (nSPS) is 25.6. The topological polar surface area (TPSA) is 71.1 Å². The van der Waals surface area contributed by atoms with Gasteiger partial charge < -0.3 is 10.6 Å². The quantitative estimate of drug-likeness (QED) is 0.788. The van der Waals surface area contributed by atoms with E-state index in [4.69, 9.17) is 12.2 Å². The first-order valence-corrected chi connectivity index (χ1v) is 7.82. The Morgan fingerprint density at radius 3 is 2.83 bits per heavy atom. The lowest BCUT2D eigenvalue weighted by molar-refractivity contribution is 0.474. The first-order valence-electron chi connectivity index (χ1n) is 5.59. The lowest BCUT2D eigenvalue weighted by Gasteiger charge is -2.25. The Balaban J connectivity index is 1.96. The van der Waals surface area contributed by atoms with E-state index in [1.807, 2.05) is 19.1 Å². The number of nitrogens with one attached hydrogen (secondary N) is 2. The van der Waals surface area contributed by atoms with E-state index in [0.717, 1.165) is 0 Å². The minimum absolute atomic E-state index is 0.115. The standard InChI is InChI=1S/C11H15N3O2S2/c1-11(5-7-18(15,16)8-11)14-10(17)13-9-4-2-3-6-12-9/h2-4,6H,5,7-8H2,1H3,(H2,12,13,14,17)/t11-/m0/s1. The Morgan fingerprint density at radius 2 is 2.28 bits per heavy atom. The Labute approximate surface area is 112 Å². The number of pyridine rings is 1. The Morgan fingerprint density at radius 1 is 1.50 bits per heavy atom. The average molecular weight is 285 g/mol. The predicted octanol–water partition coefficient (Wildman–Crippen LogP) is 0.945. The van der Waals surface area contributed by atoms with E-state index >= 15 is 0 Å². The molecule has 1 aromatic rings. The molecular weight excluding hydrogens is 270 g/mol. The zero-order valence-corrected chi connectivity index (χ0v) is 11.6. The molecule has 0 saturated carbocycles. The van der Waals surface area contributed by atoms with Crippen molar-refractivity contribution in [2.75, 3.05) is 16.8 Å². The summed E-state index contributed by atoms with van der Waals surface area (Å²) in [4.78, 5) is 4.09. The first kappa shape index (κ1) is 13.2. The maximum absolute atomic E-state index is 11.5. The van der Waals surface area contributed by atoms with Gasteiger partial charge >= 0.3 is 0 Å². The van der Waals surface area contributed by atoms with Crippen LogP contribution in [0.1, 0.15) is 13.3 Å². The summed E-state index contributed by atoms with van der Waals surface area (Å²) in [7, 11) is -2.94. The van der Waals surface area contributed by atoms with Gasteiger partial charge in [0.1, 0.15) is 5.82 Å². The monoisotopic (exact) mass is 285 g/mol. The maximum Gasteiger partial charge on any atom is 0.172 e. The van der Waals surface area contributed by atoms with Gasteiger partial charge in [-0.2, -0.15) is 0 Å². The van der Waals surface area contributed by atoms with Crippen molar-refractivity contribution in [3.63, 3.8) is 0 Å². The van der Waals surface area contributed by atoms with Crippen molar-refractivity contribution in [3.05, 3.63) is 24.4 Å². The largest absolute Gasteiger partial charge is 0.356 e. The molecular formula is C11H15N3O2S2. The number of sulfone groups is 1. The molecule has 2 heterocycles. The number of rotatable bonds is 2. The first-order chi connectivity index (χ1) is 8.39. The van der Waals surface area contributed by atoms with Crippen LogP contribution in [-0.4, -0.2) is 35.6 Å². The second-order valence-corrected chi connectivity index (χ2v) is 7.29. The fourth-order valence-corrected chi connectivity index (χ4v) is 4.41. The van der Waals surface area contributed by atoms with Crippen LogP contribution in [0.3, 0.4) is 0 Å². The predicted molar refractivity (Wildman–Crippen MR) is 75.3 cm³/mol. The highest BCUT2D eigenvalue weighted by molar-refractivity contribution is 7.91. The van der Waals surface area contributed by atoms with Crippen LogP contribution in [0.15, 0.2) is 24.4 Å². The van der Waals surface area contributed by atoms with E-state index in [-0.39, 0.29) is 11.5 Å². The summed E-state index contributed by atoms with van der Waals surface area (Å²) < 4.78 is 22.9. The van der Waals surface area contributed by atoms with Crippen molar-refractivity contribution < 1.29 is 8.42 Å². The van der Waals surface area contributed by atoms with Gasteiger partial charge in [-0.1, -0.05) is 6.07 Å². The highest BCUT2D eigenvalue weighted by atomic mass is 32.2. The van der Waals surface area contributed by atoms with E-state index < -0.39 is 15.4 Å². The number of aromatic nitrogens is 1. The Bertz CT molecular complexity index is 545. The van der Waals surface area contributed by atoms with Crippen molar-refractivity contribution in [2.24, 2.45) is 0 Å². The fourth-order valence-electron chi connectivity index (χ4n) is 1.97. The highest BCUT2D eigenvalue weighted by Gasteiger charge is 2.38. The summed E-state index contributed by atoms with van der Waals surface area (Å²) in [5, 5.41) is 6.39. The molecule has 0 radical (unpaired) electrons. The third-order valence-corrected chi connectivity index (χ3v) is 4.93. The van der Waals surface area contributed by atoms with Crippen LogP contribution in [0.5, 0.6) is 0 Å². The lowest BCUT2D eigenvalue weighted by atomic mass is 10.0. The van der Waals surface area contributed by atoms with Gasteiger partial charge in [-0.15, -0.1) is 0 Å². The summed E-state index contributed by atoms with van der Waals surface area (Å²) in [5.41, 5.74) is -0.488. The molecule has 98 valence electrons. The van der Waals surface area contributed by atoms with Crippen LogP contribution in [0.4, 0.5) is 5.82 Å². The average Bonchev–Trinajstić information content (AvgIpc) is 2.53. The smallest absolute Gasteiger partial charge is 0.172 e. The second kappa shape index (κ2) is 4.81. The van der Waals surface area contributed by atoms with Gasteiger partial charge in [0.05, 0.1) is 17.0 Å². The molecule has 1 aromatic heterocycles. The van der Waals surface area contributed by atoms with Gasteiger partial charge in [0, 0.05) is 6.20 Å². The van der Waals surface area contributed by atoms with Crippen molar-refractivity contribution >= 4 is 33.0 Å². The number of thiocarbonyl (C=S) groups is 1. The van der Waals surface area contributed by atoms with Gasteiger partial charge in [0.15, 0.2) is 14.9 Å². The lowest BCUT2D eigenvalue weighted by Crippen LogP contribution is -2.48. The molecule has 1 aliphatic rings. The molecule has 0 aliphatic carbocycles. The molecule has 5 nitrogen and oxygen atoms in total. The van der Waals surface area contributed by atoms with E-state index in [0.29, 0.717) is 17.4 Å². The molecule has 0 spiro atoms. The van der Waals surface area contributed by atoms with E-state index in [2.05, 4.69) is 15.6 Å². The van der Waals surface area contributed by atoms with Gasteiger partial charge in [-0.3, -0.25) is 0 Å². The van der Waals surface area contributed by atoms with Crippen LogP contribution in [-0.2, 0) is 9.84 Å². The third kappa shape index (κ3) is 3.39. The Kier molecular flexibility index (Phi) is 3.54. The van der Waals surface area contributed by atoms with Crippen LogP contribution in [0, 0.1) is 0 Å². The molecule has 18 heavy (non-hydrogen) atoms. The van der Waals surface area contributed by atoms with Crippen molar-refractivity contribution in [3.8, 4) is 0 Å². The molecule has 1 saturated heterocycles. The fraction of sp³-hybridized carbons (Fsp3) is 0.455. The molecule has 0 aromatic carbocycles. The van der Waals surface area contributed by atoms with Crippen LogP contribution in [0.25, 0.3) is 0 Å². The zero-order chi connectivity index (χ0) is 13.2. The van der Waals surface area contributed by atoms with Gasteiger partial charge in [-0.25, -0.2) is 13.4 Å². The summed E-state index contributed by atoms with van der Waals surface area (Å²) in [6.07, 6.45) is 2.23. The maximum atomic E-state index is 11.5. The summed E-state index contributed by atoms with van der Waals surface area (Å²) in [6.45, 7) is 1.87. The van der Waals surface area contributed by atoms with Crippen molar-refractivity contribution in [1.82, 2.24) is 10.3 Å². The van der Waals surface area contributed by atoms with Gasteiger partial charge in [0.25, 0.3) is 0 Å².